The normalized spacial score (nSPS) is 10.8. The Morgan fingerprint density at radius 3 is 0.600 bits per heavy atom. The zero-order chi connectivity index (χ0) is 22.4. The van der Waals surface area contributed by atoms with E-state index >= 15 is 0 Å². The average Bonchev–Trinajstić information content (AvgIpc) is 2.76. The summed E-state index contributed by atoms with van der Waals surface area (Å²) in [5.41, 5.74) is 0. The number of rotatable bonds is 24. The van der Waals surface area contributed by atoms with Gasteiger partial charge in [0.15, 0.2) is 0 Å². The van der Waals surface area contributed by atoms with Gasteiger partial charge < -0.3 is 0 Å². The van der Waals surface area contributed by atoms with Gasteiger partial charge in [-0.3, -0.25) is 0 Å². The van der Waals surface area contributed by atoms with Crippen molar-refractivity contribution < 1.29 is 0 Å². The standard InChI is InChI=1S/C17H36.C12H25Br/c1-3-5-7-9-11-13-15-17-16-14-12-10-8-6-4-2;1-2-3-4-5-6-7-8-9-10-11-12-13/h3-17H2,1-2H3;2-12H2,1H3. The zero-order valence-corrected chi connectivity index (χ0v) is 23.3. The summed E-state index contributed by atoms with van der Waals surface area (Å²) in [5, 5.41) is 1.18. The molecule has 0 N–H and O–H groups in total. The topological polar surface area (TPSA) is 0 Å². The molecule has 0 radical (unpaired) electrons. The number of unbranched alkanes of at least 4 members (excludes halogenated alkanes) is 23. The molecule has 0 fully saturated rings. The predicted molar refractivity (Wildman–Crippen MR) is 146 cm³/mol. The molecule has 0 unspecified atom stereocenters. The lowest BCUT2D eigenvalue weighted by Gasteiger charge is -2.02. The first-order valence-corrected chi connectivity index (χ1v) is 15.5. The minimum absolute atomic E-state index is 1.18. The molecule has 0 aliphatic heterocycles. The second-order valence-corrected chi connectivity index (χ2v) is 10.3. The van der Waals surface area contributed by atoms with Gasteiger partial charge in [-0.15, -0.1) is 0 Å². The number of alkyl halides is 1. The summed E-state index contributed by atoms with van der Waals surface area (Å²) >= 11 is 3.46. The summed E-state index contributed by atoms with van der Waals surface area (Å²) in [6.45, 7) is 6.86. The lowest BCUT2D eigenvalue weighted by Crippen LogP contribution is -1.82. The summed E-state index contributed by atoms with van der Waals surface area (Å²) in [5.74, 6) is 0. The Labute approximate surface area is 202 Å². The van der Waals surface area contributed by atoms with E-state index < -0.39 is 0 Å². The first kappa shape index (κ1) is 32.7. The van der Waals surface area contributed by atoms with Crippen molar-refractivity contribution in [2.24, 2.45) is 0 Å². The molecule has 0 aromatic heterocycles. The van der Waals surface area contributed by atoms with Crippen LogP contribution in [0.2, 0.25) is 0 Å². The largest absolute Gasteiger partial charge is 0.0928 e. The van der Waals surface area contributed by atoms with Gasteiger partial charge >= 0.3 is 0 Å². The SMILES string of the molecule is CCCCCCCCCCCCBr.CCCCCCCCCCCCCCCCC. The minimum atomic E-state index is 1.18. The monoisotopic (exact) mass is 488 g/mol. The molecular weight excluding hydrogens is 428 g/mol. The minimum Gasteiger partial charge on any atom is -0.0928 e. The van der Waals surface area contributed by atoms with Crippen LogP contribution in [0.25, 0.3) is 0 Å². The number of halogens is 1. The summed E-state index contributed by atoms with van der Waals surface area (Å²) in [6.07, 6.45) is 36.2. The van der Waals surface area contributed by atoms with Crippen molar-refractivity contribution in [1.82, 2.24) is 0 Å². The third kappa shape index (κ3) is 35.9. The van der Waals surface area contributed by atoms with E-state index in [0.717, 1.165) is 0 Å². The first-order chi connectivity index (χ1) is 14.8. The molecule has 0 aromatic carbocycles. The molecule has 0 saturated carbocycles. The van der Waals surface area contributed by atoms with Crippen molar-refractivity contribution in [2.45, 2.75) is 181 Å². The Bertz CT molecular complexity index is 227. The fraction of sp³-hybridized carbons (Fsp3) is 1.00. The maximum Gasteiger partial charge on any atom is 0.00313 e. The van der Waals surface area contributed by atoms with Crippen LogP contribution in [-0.4, -0.2) is 5.33 Å². The number of hydrogen-bond donors (Lipinski definition) is 0. The van der Waals surface area contributed by atoms with Crippen LogP contribution >= 0.6 is 15.9 Å². The predicted octanol–water partition coefficient (Wildman–Crippen LogP) is 12.2. The van der Waals surface area contributed by atoms with Gasteiger partial charge in [0.25, 0.3) is 0 Å². The van der Waals surface area contributed by atoms with E-state index in [1.807, 2.05) is 0 Å². The van der Waals surface area contributed by atoms with Crippen LogP contribution in [0.15, 0.2) is 0 Å². The fourth-order valence-corrected chi connectivity index (χ4v) is 4.42. The second kappa shape index (κ2) is 34.1. The smallest absolute Gasteiger partial charge is 0.00313 e. The van der Waals surface area contributed by atoms with E-state index in [0.29, 0.717) is 0 Å². The maximum atomic E-state index is 3.46. The molecule has 0 aliphatic rings. The molecule has 184 valence electrons. The summed E-state index contributed by atoms with van der Waals surface area (Å²) in [4.78, 5) is 0. The van der Waals surface area contributed by atoms with E-state index in [1.165, 1.54) is 166 Å². The van der Waals surface area contributed by atoms with Crippen LogP contribution in [0.1, 0.15) is 181 Å². The molecule has 0 saturated heterocycles. The highest BCUT2D eigenvalue weighted by Crippen LogP contribution is 2.13. The third-order valence-electron chi connectivity index (χ3n) is 6.19. The molecule has 0 spiro atoms. The van der Waals surface area contributed by atoms with Crippen molar-refractivity contribution in [2.75, 3.05) is 5.33 Å². The van der Waals surface area contributed by atoms with E-state index in [1.54, 1.807) is 0 Å². The Kier molecular flexibility index (Phi) is 37.1. The van der Waals surface area contributed by atoms with Crippen LogP contribution in [0.5, 0.6) is 0 Å². The molecule has 0 atom stereocenters. The van der Waals surface area contributed by atoms with E-state index in [9.17, 15) is 0 Å². The van der Waals surface area contributed by atoms with Gasteiger partial charge in [-0.2, -0.15) is 0 Å². The van der Waals surface area contributed by atoms with Crippen molar-refractivity contribution in [1.29, 1.82) is 0 Å². The highest BCUT2D eigenvalue weighted by atomic mass is 79.9. The van der Waals surface area contributed by atoms with Gasteiger partial charge in [-0.05, 0) is 6.42 Å². The Hall–Kier alpha value is 0.480. The molecule has 0 rings (SSSR count). The molecule has 1 heteroatoms. The second-order valence-electron chi connectivity index (χ2n) is 9.47. The molecule has 0 nitrogen and oxygen atoms in total. The van der Waals surface area contributed by atoms with Gasteiger partial charge in [-0.25, -0.2) is 0 Å². The van der Waals surface area contributed by atoms with Crippen LogP contribution in [0.3, 0.4) is 0 Å². The zero-order valence-electron chi connectivity index (χ0n) is 21.8. The fourth-order valence-electron chi connectivity index (χ4n) is 4.03. The van der Waals surface area contributed by atoms with Crippen molar-refractivity contribution >= 4 is 15.9 Å². The lowest BCUT2D eigenvalue weighted by molar-refractivity contribution is 0.534. The Balaban J connectivity index is 0. The van der Waals surface area contributed by atoms with Crippen LogP contribution in [0.4, 0.5) is 0 Å². The van der Waals surface area contributed by atoms with Crippen LogP contribution in [-0.2, 0) is 0 Å². The molecule has 0 aliphatic carbocycles. The van der Waals surface area contributed by atoms with Crippen LogP contribution in [0, 0.1) is 0 Å². The summed E-state index contributed by atoms with van der Waals surface area (Å²) < 4.78 is 0. The van der Waals surface area contributed by atoms with Gasteiger partial charge in [0.2, 0.25) is 0 Å². The lowest BCUT2D eigenvalue weighted by atomic mass is 10.0. The average molecular weight is 490 g/mol. The molecule has 0 heterocycles. The van der Waals surface area contributed by atoms with Gasteiger partial charge in [-0.1, -0.05) is 191 Å². The van der Waals surface area contributed by atoms with Crippen molar-refractivity contribution in [3.8, 4) is 0 Å². The van der Waals surface area contributed by atoms with E-state index in [4.69, 9.17) is 0 Å². The molecule has 0 amide bonds. The van der Waals surface area contributed by atoms with Crippen LogP contribution < -0.4 is 0 Å². The number of hydrogen-bond acceptors (Lipinski definition) is 0. The highest BCUT2D eigenvalue weighted by Gasteiger charge is 1.93. The maximum absolute atomic E-state index is 3.46. The van der Waals surface area contributed by atoms with E-state index in [2.05, 4.69) is 36.7 Å². The van der Waals surface area contributed by atoms with Gasteiger partial charge in [0.05, 0.1) is 0 Å². The van der Waals surface area contributed by atoms with Crippen molar-refractivity contribution in [3.63, 3.8) is 0 Å². The third-order valence-corrected chi connectivity index (χ3v) is 6.76. The Morgan fingerprint density at radius 1 is 0.267 bits per heavy atom. The van der Waals surface area contributed by atoms with Gasteiger partial charge in [0, 0.05) is 5.33 Å². The summed E-state index contributed by atoms with van der Waals surface area (Å²) in [6, 6.07) is 0. The summed E-state index contributed by atoms with van der Waals surface area (Å²) in [7, 11) is 0. The molecule has 0 bridgehead atoms. The van der Waals surface area contributed by atoms with Gasteiger partial charge in [0.1, 0.15) is 0 Å². The van der Waals surface area contributed by atoms with E-state index in [-0.39, 0.29) is 0 Å². The molecular formula is C29H61Br. The van der Waals surface area contributed by atoms with Crippen molar-refractivity contribution in [3.05, 3.63) is 0 Å². The molecule has 0 aromatic rings. The first-order valence-electron chi connectivity index (χ1n) is 14.4. The molecule has 30 heavy (non-hydrogen) atoms. The highest BCUT2D eigenvalue weighted by molar-refractivity contribution is 9.09. The quantitative estimate of drug-likeness (QED) is 0.0934. The Morgan fingerprint density at radius 2 is 0.433 bits per heavy atom.